The summed E-state index contributed by atoms with van der Waals surface area (Å²) in [6, 6.07) is 4.36. The molecule has 1 aliphatic carbocycles. The number of fused-ring (bicyclic) bond motifs is 1. The zero-order valence-corrected chi connectivity index (χ0v) is 18.1. The van der Waals surface area contributed by atoms with Gasteiger partial charge >= 0.3 is 0 Å². The second kappa shape index (κ2) is 7.28. The zero-order chi connectivity index (χ0) is 21.7. The Morgan fingerprint density at radius 1 is 1.16 bits per heavy atom. The highest BCUT2D eigenvalue weighted by Gasteiger charge is 2.46. The Kier molecular flexibility index (Phi) is 4.36. The molecule has 0 amide bonds. The molecular weight excluding hydrogens is 402 g/mol. The molecule has 2 aliphatic rings. The van der Waals surface area contributed by atoms with Gasteiger partial charge in [-0.05, 0) is 18.8 Å². The van der Waals surface area contributed by atoms with Crippen LogP contribution in [0.3, 0.4) is 0 Å². The molecule has 9 heteroatoms. The molecule has 6 rings (SSSR count). The van der Waals surface area contributed by atoms with E-state index in [4.69, 9.17) is 10.1 Å². The van der Waals surface area contributed by atoms with Crippen LogP contribution >= 0.6 is 0 Å². The molecule has 4 aromatic rings. The van der Waals surface area contributed by atoms with Crippen LogP contribution in [0.1, 0.15) is 25.7 Å². The van der Waals surface area contributed by atoms with E-state index in [1.54, 1.807) is 10.9 Å². The van der Waals surface area contributed by atoms with E-state index in [0.717, 1.165) is 53.8 Å². The summed E-state index contributed by atoms with van der Waals surface area (Å²) >= 11 is 0. The fourth-order valence-electron chi connectivity index (χ4n) is 4.97. The van der Waals surface area contributed by atoms with Crippen LogP contribution in [0, 0.1) is 17.2 Å². The molecule has 9 nitrogen and oxygen atoms in total. The second-order valence-corrected chi connectivity index (χ2v) is 9.22. The summed E-state index contributed by atoms with van der Waals surface area (Å²) in [6.07, 6.45) is 15.8. The number of aryl methyl sites for hydroxylation is 1. The van der Waals surface area contributed by atoms with Crippen LogP contribution in [0.25, 0.3) is 28.3 Å². The summed E-state index contributed by atoms with van der Waals surface area (Å²) in [5.74, 6) is 1.61. The van der Waals surface area contributed by atoms with Gasteiger partial charge in [0.25, 0.3) is 0 Å². The molecule has 1 saturated heterocycles. The number of rotatable bonds is 6. The van der Waals surface area contributed by atoms with Crippen molar-refractivity contribution in [2.75, 3.05) is 19.6 Å². The number of likely N-dealkylation sites (tertiary alicyclic amines) is 1. The first kappa shape index (κ1) is 19.2. The van der Waals surface area contributed by atoms with Gasteiger partial charge in [0, 0.05) is 63.1 Å². The molecule has 0 bridgehead atoms. The standard InChI is InChI=1S/C23H25N9/c1-29-13-18(10-26-29)20-9-21-25-7-8-31(21)22(28-20)19-11-27-32(14-19)23(5-6-24)15-30(16-23)12-17-3-2-4-17/h7-11,13-14,17H,2-5,12,15-16H2,1H3. The predicted octanol–water partition coefficient (Wildman–Crippen LogP) is 2.72. The minimum absolute atomic E-state index is 0.258. The van der Waals surface area contributed by atoms with Crippen LogP contribution in [0.4, 0.5) is 0 Å². The minimum Gasteiger partial charge on any atom is -0.298 e. The first-order valence-electron chi connectivity index (χ1n) is 11.1. The summed E-state index contributed by atoms with van der Waals surface area (Å²) in [4.78, 5) is 11.9. The molecule has 5 heterocycles. The molecular formula is C23H25N9. The Morgan fingerprint density at radius 3 is 2.72 bits per heavy atom. The molecule has 0 N–H and O–H groups in total. The van der Waals surface area contributed by atoms with Gasteiger partial charge in [0.05, 0.1) is 36.1 Å². The van der Waals surface area contributed by atoms with Gasteiger partial charge < -0.3 is 0 Å². The molecule has 1 saturated carbocycles. The number of hydrogen-bond donors (Lipinski definition) is 0. The first-order chi connectivity index (χ1) is 15.6. The van der Waals surface area contributed by atoms with Crippen molar-refractivity contribution >= 4 is 5.65 Å². The maximum atomic E-state index is 9.51. The molecule has 0 aromatic carbocycles. The lowest BCUT2D eigenvalue weighted by Crippen LogP contribution is -2.63. The number of imidazole rings is 1. The van der Waals surface area contributed by atoms with E-state index in [0.29, 0.717) is 6.42 Å². The lowest BCUT2D eigenvalue weighted by molar-refractivity contribution is -0.0134. The molecule has 32 heavy (non-hydrogen) atoms. The van der Waals surface area contributed by atoms with Crippen molar-refractivity contribution in [3.63, 3.8) is 0 Å². The van der Waals surface area contributed by atoms with E-state index >= 15 is 0 Å². The Hall–Kier alpha value is -3.51. The third-order valence-corrected chi connectivity index (χ3v) is 6.90. The van der Waals surface area contributed by atoms with Crippen LogP contribution in [0.15, 0.2) is 43.2 Å². The first-order valence-corrected chi connectivity index (χ1v) is 11.1. The van der Waals surface area contributed by atoms with Crippen LogP contribution in [0.2, 0.25) is 0 Å². The molecule has 162 valence electrons. The van der Waals surface area contributed by atoms with E-state index in [-0.39, 0.29) is 5.54 Å². The fourth-order valence-corrected chi connectivity index (χ4v) is 4.97. The number of hydrogen-bond acceptors (Lipinski definition) is 6. The monoisotopic (exact) mass is 427 g/mol. The highest BCUT2D eigenvalue weighted by atomic mass is 15.4. The molecule has 0 radical (unpaired) electrons. The lowest BCUT2D eigenvalue weighted by Gasteiger charge is -2.51. The average molecular weight is 428 g/mol. The van der Waals surface area contributed by atoms with Gasteiger partial charge in [0.2, 0.25) is 0 Å². The molecule has 0 spiro atoms. The Bertz CT molecular complexity index is 1310. The largest absolute Gasteiger partial charge is 0.298 e. The third-order valence-electron chi connectivity index (χ3n) is 6.90. The Labute approximate surface area is 185 Å². The Morgan fingerprint density at radius 2 is 2.00 bits per heavy atom. The van der Waals surface area contributed by atoms with Gasteiger partial charge in [0.15, 0.2) is 0 Å². The molecule has 0 unspecified atom stereocenters. The average Bonchev–Trinajstić information content (AvgIpc) is 3.47. The van der Waals surface area contributed by atoms with E-state index < -0.39 is 0 Å². The smallest absolute Gasteiger partial charge is 0.149 e. The minimum atomic E-state index is -0.258. The van der Waals surface area contributed by atoms with Gasteiger partial charge in [-0.15, -0.1) is 0 Å². The topological polar surface area (TPSA) is 92.9 Å². The van der Waals surface area contributed by atoms with Gasteiger partial charge in [-0.2, -0.15) is 15.5 Å². The van der Waals surface area contributed by atoms with Crippen LogP contribution in [-0.2, 0) is 12.6 Å². The quantitative estimate of drug-likeness (QED) is 0.470. The highest BCUT2D eigenvalue weighted by molar-refractivity contribution is 5.68. The summed E-state index contributed by atoms with van der Waals surface area (Å²) in [5, 5.41) is 18.5. The van der Waals surface area contributed by atoms with E-state index in [1.165, 1.54) is 19.3 Å². The van der Waals surface area contributed by atoms with Crippen molar-refractivity contribution in [2.45, 2.75) is 31.2 Å². The van der Waals surface area contributed by atoms with Crippen molar-refractivity contribution in [1.29, 1.82) is 5.26 Å². The molecule has 2 fully saturated rings. The normalized spacial score (nSPS) is 18.4. The summed E-state index contributed by atoms with van der Waals surface area (Å²) in [7, 11) is 1.89. The van der Waals surface area contributed by atoms with Crippen molar-refractivity contribution in [1.82, 2.24) is 38.8 Å². The molecule has 4 aromatic heterocycles. The number of nitrogens with zero attached hydrogens (tertiary/aromatic N) is 9. The van der Waals surface area contributed by atoms with Crippen molar-refractivity contribution in [3.05, 3.63) is 43.2 Å². The van der Waals surface area contributed by atoms with Crippen molar-refractivity contribution in [2.24, 2.45) is 13.0 Å². The van der Waals surface area contributed by atoms with Crippen LogP contribution in [-0.4, -0.2) is 58.5 Å². The Balaban J connectivity index is 1.34. The highest BCUT2D eigenvalue weighted by Crippen LogP contribution is 2.36. The maximum absolute atomic E-state index is 9.51. The van der Waals surface area contributed by atoms with Crippen LogP contribution < -0.4 is 0 Å². The zero-order valence-electron chi connectivity index (χ0n) is 18.1. The summed E-state index contributed by atoms with van der Waals surface area (Å²) in [5.41, 5.74) is 3.24. The van der Waals surface area contributed by atoms with E-state index in [2.05, 4.69) is 21.1 Å². The summed E-state index contributed by atoms with van der Waals surface area (Å²) < 4.78 is 5.73. The van der Waals surface area contributed by atoms with Gasteiger partial charge in [0.1, 0.15) is 17.0 Å². The van der Waals surface area contributed by atoms with E-state index in [9.17, 15) is 5.26 Å². The maximum Gasteiger partial charge on any atom is 0.149 e. The number of nitriles is 1. The SMILES string of the molecule is Cn1cc(-c2cc3nccn3c(-c3cnn(C4(CC#N)CN(CC5CCC5)C4)c3)n2)cn1. The van der Waals surface area contributed by atoms with Gasteiger partial charge in [-0.1, -0.05) is 6.42 Å². The van der Waals surface area contributed by atoms with Crippen molar-refractivity contribution < 1.29 is 0 Å². The lowest BCUT2D eigenvalue weighted by atomic mass is 9.81. The summed E-state index contributed by atoms with van der Waals surface area (Å²) in [6.45, 7) is 2.90. The van der Waals surface area contributed by atoms with Crippen molar-refractivity contribution in [3.8, 4) is 28.7 Å². The second-order valence-electron chi connectivity index (χ2n) is 9.22. The van der Waals surface area contributed by atoms with Gasteiger partial charge in [-0.3, -0.25) is 18.7 Å². The van der Waals surface area contributed by atoms with Crippen LogP contribution in [0.5, 0.6) is 0 Å². The number of aromatic nitrogens is 7. The fraction of sp³-hybridized carbons (Fsp3) is 0.435. The molecule has 0 atom stereocenters. The van der Waals surface area contributed by atoms with E-state index in [1.807, 2.05) is 53.2 Å². The third kappa shape index (κ3) is 3.10. The molecule has 1 aliphatic heterocycles. The predicted molar refractivity (Wildman–Crippen MR) is 118 cm³/mol. The van der Waals surface area contributed by atoms with Gasteiger partial charge in [-0.25, -0.2) is 9.97 Å².